The van der Waals surface area contributed by atoms with Gasteiger partial charge >= 0.3 is 5.69 Å². The van der Waals surface area contributed by atoms with Crippen LogP contribution in [0.2, 0.25) is 0 Å². The molecule has 0 spiro atoms. The highest BCUT2D eigenvalue weighted by Gasteiger charge is 2.25. The molecule has 190 valence electrons. The van der Waals surface area contributed by atoms with Gasteiger partial charge in [-0.05, 0) is 32.4 Å². The predicted octanol–water partition coefficient (Wildman–Crippen LogP) is 2.43. The summed E-state index contributed by atoms with van der Waals surface area (Å²) in [5, 5.41) is 0.990. The Morgan fingerprint density at radius 2 is 1.74 bits per heavy atom. The van der Waals surface area contributed by atoms with E-state index in [0.717, 1.165) is 16.5 Å². The number of aromatic nitrogens is 3. The zero-order valence-electron chi connectivity index (χ0n) is 21.4. The molecule has 4 rings (SSSR count). The van der Waals surface area contributed by atoms with Crippen LogP contribution in [0.1, 0.15) is 38.1 Å². The zero-order chi connectivity index (χ0) is 25.9. The first kappa shape index (κ1) is 26.4. The molecule has 0 saturated carbocycles. The number of methoxy groups -OCH3 is 1. The zero-order valence-corrected chi connectivity index (χ0v) is 21.4. The van der Waals surface area contributed by atoms with Gasteiger partial charge in [0.2, 0.25) is 0 Å². The molecule has 1 aliphatic heterocycles. The average molecular weight is 487 g/mol. The molecule has 0 radical (unpaired) electrons. The van der Waals surface area contributed by atoms with E-state index in [4.69, 9.17) is 4.74 Å². The number of hydrogen-bond acceptors (Lipinski definition) is 5. The summed E-state index contributed by atoms with van der Waals surface area (Å²) in [7, 11) is 5.08. The Balaban J connectivity index is 0.000000198. The molecule has 3 heterocycles. The minimum absolute atomic E-state index is 0.0260. The molecule has 0 bridgehead atoms. The molecule has 35 heavy (non-hydrogen) atoms. The van der Waals surface area contributed by atoms with E-state index in [2.05, 4.69) is 0 Å². The number of alkyl halides is 1. The van der Waals surface area contributed by atoms with Crippen LogP contribution in [0.25, 0.3) is 10.9 Å². The van der Waals surface area contributed by atoms with Gasteiger partial charge in [0.05, 0.1) is 18.2 Å². The van der Waals surface area contributed by atoms with Crippen molar-refractivity contribution in [2.75, 3.05) is 26.7 Å². The lowest BCUT2D eigenvalue weighted by Gasteiger charge is -2.34. The quantitative estimate of drug-likeness (QED) is 0.535. The standard InChI is InChI=1S/C13H20FN3O2.C13H15NO2/c1-9(2)17-12(18)6-11(15(3)13(17)19)4-5-16-7-10(14)8-16;1-4-9-12(16-3)10-7-5-6-8-11(10)14(2)13(9)15/h6,9-10H,4-5,7-8H2,1-3H3;5-8H,4H2,1-3H3. The first-order chi connectivity index (χ1) is 16.6. The number of benzene rings is 1. The summed E-state index contributed by atoms with van der Waals surface area (Å²) in [6, 6.07) is 9.14. The van der Waals surface area contributed by atoms with Gasteiger partial charge in [0.25, 0.3) is 11.1 Å². The first-order valence-electron chi connectivity index (χ1n) is 11.9. The van der Waals surface area contributed by atoms with Crippen molar-refractivity contribution in [1.29, 1.82) is 0 Å². The second-order valence-electron chi connectivity index (χ2n) is 9.13. The van der Waals surface area contributed by atoms with Gasteiger partial charge in [-0.25, -0.2) is 9.18 Å². The van der Waals surface area contributed by atoms with Gasteiger partial charge in [0, 0.05) is 63.3 Å². The summed E-state index contributed by atoms with van der Waals surface area (Å²) in [6.07, 6.45) is 0.547. The number of pyridine rings is 1. The molecular weight excluding hydrogens is 451 g/mol. The molecule has 1 fully saturated rings. The van der Waals surface area contributed by atoms with Gasteiger partial charge in [-0.3, -0.25) is 19.1 Å². The van der Waals surface area contributed by atoms with E-state index in [1.54, 1.807) is 25.8 Å². The highest BCUT2D eigenvalue weighted by atomic mass is 19.1. The van der Waals surface area contributed by atoms with Gasteiger partial charge in [0.1, 0.15) is 11.9 Å². The van der Waals surface area contributed by atoms with Crippen molar-refractivity contribution in [3.8, 4) is 5.75 Å². The van der Waals surface area contributed by atoms with Gasteiger partial charge in [0.15, 0.2) is 0 Å². The average Bonchev–Trinajstić information content (AvgIpc) is 2.81. The molecule has 0 atom stereocenters. The Hall–Kier alpha value is -3.20. The van der Waals surface area contributed by atoms with Crippen LogP contribution in [-0.4, -0.2) is 51.5 Å². The third-order valence-corrected chi connectivity index (χ3v) is 6.47. The van der Waals surface area contributed by atoms with Crippen molar-refractivity contribution < 1.29 is 9.13 Å². The van der Waals surface area contributed by atoms with E-state index in [1.807, 2.05) is 49.9 Å². The van der Waals surface area contributed by atoms with Crippen molar-refractivity contribution in [3.05, 3.63) is 72.8 Å². The van der Waals surface area contributed by atoms with Gasteiger partial charge in [-0.15, -0.1) is 0 Å². The van der Waals surface area contributed by atoms with E-state index in [0.29, 0.717) is 43.9 Å². The van der Waals surface area contributed by atoms with Gasteiger partial charge < -0.3 is 13.9 Å². The number of aryl methyl sites for hydroxylation is 1. The number of fused-ring (bicyclic) bond motifs is 1. The molecule has 1 aromatic carbocycles. The van der Waals surface area contributed by atoms with Crippen molar-refractivity contribution >= 4 is 10.9 Å². The van der Waals surface area contributed by atoms with Crippen LogP contribution in [0.4, 0.5) is 4.39 Å². The monoisotopic (exact) mass is 486 g/mol. The van der Waals surface area contributed by atoms with Crippen LogP contribution < -0.4 is 21.5 Å². The maximum atomic E-state index is 12.7. The first-order valence-corrected chi connectivity index (χ1v) is 11.9. The molecule has 1 aliphatic rings. The Bertz CT molecular complexity index is 1370. The van der Waals surface area contributed by atoms with Crippen molar-refractivity contribution in [2.45, 2.75) is 45.8 Å². The van der Waals surface area contributed by atoms with E-state index in [9.17, 15) is 18.8 Å². The van der Waals surface area contributed by atoms with Gasteiger partial charge in [-0.2, -0.15) is 0 Å². The normalized spacial score (nSPS) is 14.1. The second kappa shape index (κ2) is 11.0. The Labute approximate surface area is 204 Å². The number of hydrogen-bond donors (Lipinski definition) is 0. The highest BCUT2D eigenvalue weighted by molar-refractivity contribution is 5.86. The number of halogens is 1. The van der Waals surface area contributed by atoms with E-state index < -0.39 is 6.17 Å². The second-order valence-corrected chi connectivity index (χ2v) is 9.13. The van der Waals surface area contributed by atoms with Crippen molar-refractivity contribution in [3.63, 3.8) is 0 Å². The summed E-state index contributed by atoms with van der Waals surface area (Å²) in [4.78, 5) is 38.0. The summed E-state index contributed by atoms with van der Waals surface area (Å²) in [6.45, 7) is 7.18. The Kier molecular flexibility index (Phi) is 8.32. The maximum Gasteiger partial charge on any atom is 0.331 e. The third-order valence-electron chi connectivity index (χ3n) is 6.47. The van der Waals surface area contributed by atoms with E-state index >= 15 is 0 Å². The molecule has 0 N–H and O–H groups in total. The fraction of sp³-hybridized carbons (Fsp3) is 0.500. The molecule has 3 aromatic rings. The van der Waals surface area contributed by atoms with Crippen LogP contribution in [0.3, 0.4) is 0 Å². The third kappa shape index (κ3) is 5.40. The molecule has 1 saturated heterocycles. The minimum atomic E-state index is -0.724. The van der Waals surface area contributed by atoms with E-state index in [1.165, 1.54) is 15.2 Å². The fourth-order valence-corrected chi connectivity index (χ4v) is 4.44. The number of ether oxygens (including phenoxy) is 1. The summed E-state index contributed by atoms with van der Waals surface area (Å²) >= 11 is 0. The predicted molar refractivity (Wildman–Crippen MR) is 136 cm³/mol. The summed E-state index contributed by atoms with van der Waals surface area (Å²) in [5.74, 6) is 0.709. The topological polar surface area (TPSA) is 78.5 Å². The molecular formula is C26H35FN4O4. The maximum absolute atomic E-state index is 12.7. The molecule has 0 unspecified atom stereocenters. The number of para-hydroxylation sites is 1. The van der Waals surface area contributed by atoms with Crippen LogP contribution in [-0.2, 0) is 26.9 Å². The van der Waals surface area contributed by atoms with Crippen molar-refractivity contribution in [2.24, 2.45) is 14.1 Å². The van der Waals surface area contributed by atoms with Gasteiger partial charge in [-0.1, -0.05) is 19.1 Å². The minimum Gasteiger partial charge on any atom is -0.496 e. The van der Waals surface area contributed by atoms with Crippen LogP contribution in [0.15, 0.2) is 44.7 Å². The smallest absolute Gasteiger partial charge is 0.331 e. The number of likely N-dealkylation sites (tertiary alicyclic amines) is 1. The lowest BCUT2D eigenvalue weighted by molar-refractivity contribution is 0.0666. The number of rotatable bonds is 6. The Morgan fingerprint density at radius 1 is 1.09 bits per heavy atom. The summed E-state index contributed by atoms with van der Waals surface area (Å²) < 4.78 is 22.5. The molecule has 9 heteroatoms. The number of nitrogens with zero attached hydrogens (tertiary/aromatic N) is 4. The lowest BCUT2D eigenvalue weighted by Crippen LogP contribution is -2.49. The van der Waals surface area contributed by atoms with Crippen LogP contribution >= 0.6 is 0 Å². The lowest BCUT2D eigenvalue weighted by atomic mass is 10.1. The van der Waals surface area contributed by atoms with Crippen LogP contribution in [0.5, 0.6) is 5.75 Å². The van der Waals surface area contributed by atoms with E-state index in [-0.39, 0.29) is 22.9 Å². The van der Waals surface area contributed by atoms with Crippen molar-refractivity contribution in [1.82, 2.24) is 18.6 Å². The molecule has 2 aromatic heterocycles. The largest absolute Gasteiger partial charge is 0.496 e. The molecule has 8 nitrogen and oxygen atoms in total. The Morgan fingerprint density at radius 3 is 2.31 bits per heavy atom. The summed E-state index contributed by atoms with van der Waals surface area (Å²) in [5.41, 5.74) is 1.82. The van der Waals surface area contributed by atoms with Crippen LogP contribution in [0, 0.1) is 0 Å². The molecule has 0 amide bonds. The SMILES string of the molecule is CC(C)n1c(=O)cc(CCN2CC(F)C2)n(C)c1=O.CCc1c(OC)c2ccccc2n(C)c1=O. The highest BCUT2D eigenvalue weighted by Crippen LogP contribution is 2.26. The fourth-order valence-electron chi connectivity index (χ4n) is 4.44. The molecule has 0 aliphatic carbocycles.